The Morgan fingerprint density at radius 1 is 1.15 bits per heavy atom. The Hall–Kier alpha value is -2.38. The van der Waals surface area contributed by atoms with Crippen LogP contribution in [0.5, 0.6) is 5.75 Å². The minimum Gasteiger partial charge on any atom is -0.497 e. The lowest BCUT2D eigenvalue weighted by Crippen LogP contribution is -2.46. The van der Waals surface area contributed by atoms with Crippen molar-refractivity contribution in [3.8, 4) is 5.75 Å². The molecule has 0 saturated carbocycles. The highest BCUT2D eigenvalue weighted by Gasteiger charge is 2.18. The van der Waals surface area contributed by atoms with E-state index in [1.165, 1.54) is 17.0 Å². The number of nitrogens with zero attached hydrogens (tertiary/aromatic N) is 4. The molecule has 136 valence electrons. The van der Waals surface area contributed by atoms with Crippen LogP contribution in [-0.4, -0.2) is 47.6 Å². The number of thiazole rings is 1. The molecule has 1 saturated heterocycles. The quantitative estimate of drug-likeness (QED) is 0.706. The highest BCUT2D eigenvalue weighted by Crippen LogP contribution is 2.21. The van der Waals surface area contributed by atoms with E-state index in [1.54, 1.807) is 17.6 Å². The Kier molecular flexibility index (Phi) is 4.65. The van der Waals surface area contributed by atoms with Crippen molar-refractivity contribution in [3.63, 3.8) is 0 Å². The highest BCUT2D eigenvalue weighted by molar-refractivity contribution is 7.15. The predicted molar refractivity (Wildman–Crippen MR) is 105 cm³/mol. The lowest BCUT2D eigenvalue weighted by molar-refractivity contribution is 0.247. The van der Waals surface area contributed by atoms with Crippen LogP contribution in [0.3, 0.4) is 0 Å². The van der Waals surface area contributed by atoms with Crippen molar-refractivity contribution in [2.24, 2.45) is 0 Å². The molecule has 0 bridgehead atoms. The summed E-state index contributed by atoms with van der Waals surface area (Å²) in [7, 11) is 1.68. The Balaban J connectivity index is 1.41. The normalized spacial score (nSPS) is 15.5. The molecule has 3 aromatic rings. The molecule has 0 unspecified atom stereocenters. The zero-order chi connectivity index (χ0) is 18.1. The van der Waals surface area contributed by atoms with E-state index in [0.717, 1.165) is 54.8 Å². The molecule has 26 heavy (non-hydrogen) atoms. The smallest absolute Gasteiger partial charge is 0.259 e. The van der Waals surface area contributed by atoms with Gasteiger partial charge in [-0.25, -0.2) is 4.98 Å². The Morgan fingerprint density at radius 2 is 1.88 bits per heavy atom. The maximum Gasteiger partial charge on any atom is 0.259 e. The summed E-state index contributed by atoms with van der Waals surface area (Å²) < 4.78 is 6.90. The van der Waals surface area contributed by atoms with Gasteiger partial charge in [0, 0.05) is 55.6 Å². The molecule has 0 N–H and O–H groups in total. The van der Waals surface area contributed by atoms with E-state index in [-0.39, 0.29) is 5.56 Å². The molecular formula is C19H22N4O2S. The van der Waals surface area contributed by atoms with E-state index >= 15 is 0 Å². The van der Waals surface area contributed by atoms with Crippen LogP contribution >= 0.6 is 11.3 Å². The van der Waals surface area contributed by atoms with Crippen LogP contribution in [0.2, 0.25) is 0 Å². The van der Waals surface area contributed by atoms with Crippen molar-refractivity contribution < 1.29 is 4.74 Å². The van der Waals surface area contributed by atoms with Gasteiger partial charge in [0.25, 0.3) is 5.56 Å². The van der Waals surface area contributed by atoms with Crippen molar-refractivity contribution in [2.45, 2.75) is 13.5 Å². The van der Waals surface area contributed by atoms with Crippen LogP contribution < -0.4 is 15.2 Å². The second-order valence-electron chi connectivity index (χ2n) is 6.54. The summed E-state index contributed by atoms with van der Waals surface area (Å²) in [5, 5.41) is 1.97. The molecule has 1 aromatic carbocycles. The first-order valence-electron chi connectivity index (χ1n) is 8.72. The maximum absolute atomic E-state index is 12.3. The molecule has 1 fully saturated rings. The molecule has 7 heteroatoms. The number of rotatable bonds is 4. The van der Waals surface area contributed by atoms with E-state index in [9.17, 15) is 4.79 Å². The second-order valence-corrected chi connectivity index (χ2v) is 7.38. The van der Waals surface area contributed by atoms with Crippen molar-refractivity contribution in [2.75, 3.05) is 38.2 Å². The van der Waals surface area contributed by atoms with Crippen LogP contribution in [0.1, 0.15) is 11.4 Å². The van der Waals surface area contributed by atoms with E-state index in [1.807, 2.05) is 24.4 Å². The SMILES string of the molecule is COc1ccc(N2CCN(Cc3cc(=O)n4c(C)csc4n3)CC2)cc1. The average Bonchev–Trinajstić information content (AvgIpc) is 3.04. The highest BCUT2D eigenvalue weighted by atomic mass is 32.1. The standard InChI is InChI=1S/C19H22N4O2S/c1-14-13-26-19-20-15(11-18(24)23(14)19)12-21-7-9-22(10-8-21)16-3-5-17(25-2)6-4-16/h3-6,11,13H,7-10,12H2,1-2H3. The summed E-state index contributed by atoms with van der Waals surface area (Å²) in [6, 6.07) is 9.87. The number of aryl methyl sites for hydroxylation is 1. The molecule has 2 aromatic heterocycles. The summed E-state index contributed by atoms with van der Waals surface area (Å²) in [5.41, 5.74) is 3.04. The van der Waals surface area contributed by atoms with Gasteiger partial charge < -0.3 is 9.64 Å². The van der Waals surface area contributed by atoms with Gasteiger partial charge in [-0.2, -0.15) is 0 Å². The third-order valence-electron chi connectivity index (χ3n) is 4.82. The van der Waals surface area contributed by atoms with Crippen LogP contribution in [0.15, 0.2) is 40.5 Å². The maximum atomic E-state index is 12.3. The van der Waals surface area contributed by atoms with E-state index < -0.39 is 0 Å². The monoisotopic (exact) mass is 370 g/mol. The van der Waals surface area contributed by atoms with Gasteiger partial charge in [-0.1, -0.05) is 0 Å². The fourth-order valence-corrected chi connectivity index (χ4v) is 4.26. The number of aromatic nitrogens is 2. The first-order chi connectivity index (χ1) is 12.6. The fraction of sp³-hybridized carbons (Fsp3) is 0.368. The summed E-state index contributed by atoms with van der Waals surface area (Å²) in [6.45, 7) is 6.49. The van der Waals surface area contributed by atoms with Crippen LogP contribution in [0.25, 0.3) is 4.96 Å². The van der Waals surface area contributed by atoms with E-state index in [4.69, 9.17) is 4.74 Å². The minimum atomic E-state index is 0.0145. The second kappa shape index (κ2) is 7.09. The zero-order valence-electron chi connectivity index (χ0n) is 15.0. The summed E-state index contributed by atoms with van der Waals surface area (Å²) in [6.07, 6.45) is 0. The Morgan fingerprint density at radius 3 is 2.58 bits per heavy atom. The molecule has 0 aliphatic carbocycles. The molecule has 0 radical (unpaired) electrons. The lowest BCUT2D eigenvalue weighted by atomic mass is 10.2. The fourth-order valence-electron chi connectivity index (χ4n) is 3.37. The van der Waals surface area contributed by atoms with Gasteiger partial charge in [0.15, 0.2) is 4.96 Å². The number of anilines is 1. The van der Waals surface area contributed by atoms with Gasteiger partial charge in [-0.3, -0.25) is 14.1 Å². The molecular weight excluding hydrogens is 348 g/mol. The van der Waals surface area contributed by atoms with Crippen LogP contribution in [0, 0.1) is 6.92 Å². The topological polar surface area (TPSA) is 50.1 Å². The number of hydrogen-bond donors (Lipinski definition) is 0. The molecule has 1 aliphatic rings. The third kappa shape index (κ3) is 3.32. The number of piperazine rings is 1. The number of fused-ring (bicyclic) bond motifs is 1. The predicted octanol–water partition coefficient (Wildman–Crippen LogP) is 2.40. The van der Waals surface area contributed by atoms with Gasteiger partial charge in [0.1, 0.15) is 5.75 Å². The average molecular weight is 370 g/mol. The van der Waals surface area contributed by atoms with Gasteiger partial charge in [-0.15, -0.1) is 11.3 Å². The minimum absolute atomic E-state index is 0.0145. The number of hydrogen-bond acceptors (Lipinski definition) is 6. The first kappa shape index (κ1) is 17.1. The van der Waals surface area contributed by atoms with Crippen molar-refractivity contribution in [1.29, 1.82) is 0 Å². The molecule has 0 spiro atoms. The number of benzene rings is 1. The first-order valence-corrected chi connectivity index (χ1v) is 9.60. The molecule has 4 rings (SSSR count). The summed E-state index contributed by atoms with van der Waals surface area (Å²) in [4.78, 5) is 22.5. The molecule has 3 heterocycles. The van der Waals surface area contributed by atoms with E-state index in [0.29, 0.717) is 0 Å². The third-order valence-corrected chi connectivity index (χ3v) is 5.77. The van der Waals surface area contributed by atoms with E-state index in [2.05, 4.69) is 26.9 Å². The summed E-state index contributed by atoms with van der Waals surface area (Å²) in [5.74, 6) is 0.879. The van der Waals surface area contributed by atoms with Crippen molar-refractivity contribution in [1.82, 2.24) is 14.3 Å². The molecule has 0 atom stereocenters. The molecule has 6 nitrogen and oxygen atoms in total. The number of ether oxygens (including phenoxy) is 1. The largest absolute Gasteiger partial charge is 0.497 e. The van der Waals surface area contributed by atoms with Gasteiger partial charge in [0.2, 0.25) is 0 Å². The van der Waals surface area contributed by atoms with Crippen molar-refractivity contribution in [3.05, 3.63) is 57.5 Å². The zero-order valence-corrected chi connectivity index (χ0v) is 15.8. The Bertz CT molecular complexity index is 956. The lowest BCUT2D eigenvalue weighted by Gasteiger charge is -2.36. The van der Waals surface area contributed by atoms with Gasteiger partial charge in [0.05, 0.1) is 12.8 Å². The van der Waals surface area contributed by atoms with Gasteiger partial charge in [-0.05, 0) is 31.2 Å². The molecule has 1 aliphatic heterocycles. The summed E-state index contributed by atoms with van der Waals surface area (Å²) >= 11 is 1.52. The molecule has 0 amide bonds. The number of methoxy groups -OCH3 is 1. The van der Waals surface area contributed by atoms with Gasteiger partial charge >= 0.3 is 0 Å². The van der Waals surface area contributed by atoms with Crippen LogP contribution in [-0.2, 0) is 6.54 Å². The Labute approximate surface area is 156 Å². The van der Waals surface area contributed by atoms with Crippen LogP contribution in [0.4, 0.5) is 5.69 Å². The van der Waals surface area contributed by atoms with Crippen molar-refractivity contribution >= 4 is 22.0 Å².